The van der Waals surface area contributed by atoms with Gasteiger partial charge in [-0.2, -0.15) is 8.78 Å². The van der Waals surface area contributed by atoms with Gasteiger partial charge >= 0.3 is 5.92 Å². The molecule has 0 saturated carbocycles. The molecule has 0 spiro atoms. The normalized spacial score (nSPS) is 21.2. The molecule has 0 aromatic carbocycles. The molecule has 4 heteroatoms. The molecule has 2 nitrogen and oxygen atoms in total. The van der Waals surface area contributed by atoms with Gasteiger partial charge in [-0.15, -0.1) is 0 Å². The molecule has 0 atom stereocenters. The van der Waals surface area contributed by atoms with Gasteiger partial charge in [-0.05, 0) is 6.42 Å². The van der Waals surface area contributed by atoms with Gasteiger partial charge in [-0.3, -0.25) is 4.79 Å². The lowest BCUT2D eigenvalue weighted by atomic mass is 9.79. The summed E-state index contributed by atoms with van der Waals surface area (Å²) in [6.07, 6.45) is 0.923. The smallest absolute Gasteiger partial charge is 0.322 e. The van der Waals surface area contributed by atoms with Gasteiger partial charge < -0.3 is 4.90 Å². The molecule has 1 rings (SSSR count). The van der Waals surface area contributed by atoms with Crippen molar-refractivity contribution in [2.45, 2.75) is 33.1 Å². The fourth-order valence-electron chi connectivity index (χ4n) is 1.52. The van der Waals surface area contributed by atoms with Crippen LogP contribution in [0.25, 0.3) is 0 Å². The van der Waals surface area contributed by atoms with Crippen molar-refractivity contribution >= 4 is 5.91 Å². The van der Waals surface area contributed by atoms with Crippen LogP contribution in [-0.2, 0) is 4.79 Å². The Balaban J connectivity index is 2.49. The molecule has 1 fully saturated rings. The van der Waals surface area contributed by atoms with E-state index in [0.29, 0.717) is 20.0 Å². The van der Waals surface area contributed by atoms with Crippen LogP contribution < -0.4 is 0 Å². The van der Waals surface area contributed by atoms with Crippen LogP contribution in [-0.4, -0.2) is 29.8 Å². The lowest BCUT2D eigenvalue weighted by Gasteiger charge is -2.48. The second-order valence-corrected chi connectivity index (χ2v) is 4.21. The summed E-state index contributed by atoms with van der Waals surface area (Å²) in [5, 5.41) is 0. The Bertz CT molecular complexity index is 216. The van der Waals surface area contributed by atoms with Crippen LogP contribution in [0.4, 0.5) is 8.78 Å². The molecular formula is C9H15F2NO. The van der Waals surface area contributed by atoms with E-state index in [1.807, 2.05) is 13.8 Å². The van der Waals surface area contributed by atoms with Crippen molar-refractivity contribution < 1.29 is 13.6 Å². The van der Waals surface area contributed by atoms with Crippen molar-refractivity contribution in [1.82, 2.24) is 4.90 Å². The lowest BCUT2D eigenvalue weighted by molar-refractivity contribution is -0.166. The standard InChI is InChI=1S/C9H15F2NO/c1-4-8(2)5-12(6-8)7(13)9(3,10)11/h4-6H2,1-3H3. The molecule has 0 aromatic rings. The van der Waals surface area contributed by atoms with Crippen molar-refractivity contribution in [3.63, 3.8) is 0 Å². The summed E-state index contributed by atoms with van der Waals surface area (Å²) in [4.78, 5) is 12.3. The Morgan fingerprint density at radius 3 is 2.31 bits per heavy atom. The molecule has 0 aliphatic carbocycles. The third-order valence-corrected chi connectivity index (χ3v) is 2.66. The zero-order valence-electron chi connectivity index (χ0n) is 8.23. The van der Waals surface area contributed by atoms with Crippen molar-refractivity contribution in [2.24, 2.45) is 5.41 Å². The predicted octanol–water partition coefficient (Wildman–Crippen LogP) is 1.90. The number of carbonyl (C=O) groups is 1. The Kier molecular flexibility index (Phi) is 2.34. The van der Waals surface area contributed by atoms with E-state index in [2.05, 4.69) is 0 Å². The fourth-order valence-corrected chi connectivity index (χ4v) is 1.52. The first-order chi connectivity index (χ1) is 5.78. The molecule has 1 amide bonds. The maximum Gasteiger partial charge on any atom is 0.322 e. The van der Waals surface area contributed by atoms with Gasteiger partial charge in [0.1, 0.15) is 0 Å². The highest BCUT2D eigenvalue weighted by Gasteiger charge is 2.46. The maximum absolute atomic E-state index is 12.6. The Morgan fingerprint density at radius 2 is 2.00 bits per heavy atom. The number of alkyl halides is 2. The summed E-state index contributed by atoms with van der Waals surface area (Å²) >= 11 is 0. The van der Waals surface area contributed by atoms with E-state index in [9.17, 15) is 13.6 Å². The Morgan fingerprint density at radius 1 is 1.54 bits per heavy atom. The number of nitrogens with zero attached hydrogens (tertiary/aromatic N) is 1. The SMILES string of the molecule is CCC1(C)CN(C(=O)C(C)(F)F)C1. The van der Waals surface area contributed by atoms with Crippen LogP contribution >= 0.6 is 0 Å². The highest BCUT2D eigenvalue weighted by Crippen LogP contribution is 2.35. The molecule has 0 aromatic heterocycles. The molecule has 0 N–H and O–H groups in total. The molecule has 0 unspecified atom stereocenters. The van der Waals surface area contributed by atoms with Crippen LogP contribution in [0.1, 0.15) is 27.2 Å². The Hall–Kier alpha value is -0.670. The minimum atomic E-state index is -3.21. The first-order valence-electron chi connectivity index (χ1n) is 4.46. The second kappa shape index (κ2) is 2.93. The van der Waals surface area contributed by atoms with E-state index in [0.717, 1.165) is 6.42 Å². The van der Waals surface area contributed by atoms with Gasteiger partial charge in [0.15, 0.2) is 0 Å². The molecule has 13 heavy (non-hydrogen) atoms. The van der Waals surface area contributed by atoms with Crippen LogP contribution in [0.5, 0.6) is 0 Å². The average molecular weight is 191 g/mol. The molecule has 1 aliphatic heterocycles. The summed E-state index contributed by atoms with van der Waals surface area (Å²) in [7, 11) is 0. The van der Waals surface area contributed by atoms with Gasteiger partial charge in [0.2, 0.25) is 0 Å². The zero-order chi connectivity index (χ0) is 10.3. The highest BCUT2D eigenvalue weighted by atomic mass is 19.3. The van der Waals surface area contributed by atoms with E-state index in [-0.39, 0.29) is 5.41 Å². The van der Waals surface area contributed by atoms with Crippen molar-refractivity contribution in [3.8, 4) is 0 Å². The summed E-state index contributed by atoms with van der Waals surface area (Å²) in [5.41, 5.74) is 0.0565. The number of carbonyl (C=O) groups excluding carboxylic acids is 1. The van der Waals surface area contributed by atoms with E-state index >= 15 is 0 Å². The largest absolute Gasteiger partial charge is 0.336 e. The van der Waals surface area contributed by atoms with Crippen LogP contribution in [0.15, 0.2) is 0 Å². The van der Waals surface area contributed by atoms with Gasteiger partial charge in [0, 0.05) is 25.4 Å². The number of likely N-dealkylation sites (tertiary alicyclic amines) is 1. The van der Waals surface area contributed by atoms with Gasteiger partial charge in [0.25, 0.3) is 5.91 Å². The first-order valence-corrected chi connectivity index (χ1v) is 4.46. The monoisotopic (exact) mass is 191 g/mol. The summed E-state index contributed by atoms with van der Waals surface area (Å²) in [6.45, 7) is 5.59. The molecule has 0 bridgehead atoms. The maximum atomic E-state index is 12.6. The van der Waals surface area contributed by atoms with E-state index < -0.39 is 11.8 Å². The van der Waals surface area contributed by atoms with Crippen molar-refractivity contribution in [3.05, 3.63) is 0 Å². The van der Waals surface area contributed by atoms with E-state index in [4.69, 9.17) is 0 Å². The minimum Gasteiger partial charge on any atom is -0.336 e. The number of halogens is 2. The summed E-state index contributed by atoms with van der Waals surface area (Å²) in [6, 6.07) is 0. The van der Waals surface area contributed by atoms with Gasteiger partial charge in [0.05, 0.1) is 0 Å². The molecular weight excluding hydrogens is 176 g/mol. The topological polar surface area (TPSA) is 20.3 Å². The number of amides is 1. The number of rotatable bonds is 2. The summed E-state index contributed by atoms with van der Waals surface area (Å²) in [5.74, 6) is -4.26. The molecule has 76 valence electrons. The lowest BCUT2D eigenvalue weighted by Crippen LogP contribution is -2.59. The highest BCUT2D eigenvalue weighted by molar-refractivity contribution is 5.83. The van der Waals surface area contributed by atoms with Crippen LogP contribution in [0.3, 0.4) is 0 Å². The van der Waals surface area contributed by atoms with Crippen molar-refractivity contribution in [2.75, 3.05) is 13.1 Å². The van der Waals surface area contributed by atoms with Gasteiger partial charge in [-0.1, -0.05) is 13.8 Å². The summed E-state index contributed by atoms with van der Waals surface area (Å²) < 4.78 is 25.1. The van der Waals surface area contributed by atoms with Crippen molar-refractivity contribution in [1.29, 1.82) is 0 Å². The molecule has 0 radical (unpaired) electrons. The quantitative estimate of drug-likeness (QED) is 0.652. The van der Waals surface area contributed by atoms with Crippen LogP contribution in [0.2, 0.25) is 0 Å². The Labute approximate surface area is 76.9 Å². The molecule has 1 saturated heterocycles. The minimum absolute atomic E-state index is 0.0565. The number of hydrogen-bond acceptors (Lipinski definition) is 1. The van der Waals surface area contributed by atoms with Crippen LogP contribution in [0, 0.1) is 5.41 Å². The first kappa shape index (κ1) is 10.4. The average Bonchev–Trinajstić information content (AvgIpc) is 1.95. The third kappa shape index (κ3) is 1.98. The number of hydrogen-bond donors (Lipinski definition) is 0. The van der Waals surface area contributed by atoms with E-state index in [1.54, 1.807) is 0 Å². The predicted molar refractivity (Wildman–Crippen MR) is 45.6 cm³/mol. The zero-order valence-corrected chi connectivity index (χ0v) is 8.23. The molecule has 1 heterocycles. The van der Waals surface area contributed by atoms with Gasteiger partial charge in [-0.25, -0.2) is 0 Å². The molecule has 1 aliphatic rings. The third-order valence-electron chi connectivity index (χ3n) is 2.66. The second-order valence-electron chi connectivity index (χ2n) is 4.21. The fraction of sp³-hybridized carbons (Fsp3) is 0.889. The van der Waals surface area contributed by atoms with E-state index in [1.165, 1.54) is 4.90 Å².